The van der Waals surface area contributed by atoms with Crippen molar-refractivity contribution in [3.05, 3.63) is 70.9 Å². The van der Waals surface area contributed by atoms with Crippen LogP contribution in [0.3, 0.4) is 0 Å². The van der Waals surface area contributed by atoms with Gasteiger partial charge >= 0.3 is 0 Å². The van der Waals surface area contributed by atoms with Crippen LogP contribution in [0.1, 0.15) is 48.0 Å². The molecule has 1 aliphatic rings. The fourth-order valence-corrected chi connectivity index (χ4v) is 4.24. The lowest BCUT2D eigenvalue weighted by molar-refractivity contribution is -0.120. The summed E-state index contributed by atoms with van der Waals surface area (Å²) in [6.07, 6.45) is 2.80. The molecule has 0 saturated heterocycles. The number of carbonyl (C=O) groups is 1. The molecular weight excluding hydrogens is 421 g/mol. The van der Waals surface area contributed by atoms with Crippen LogP contribution in [-0.4, -0.2) is 51.8 Å². The molecule has 0 spiro atoms. The van der Waals surface area contributed by atoms with Gasteiger partial charge in [0.2, 0.25) is 5.91 Å². The Kier molecular flexibility index (Phi) is 7.54. The van der Waals surface area contributed by atoms with Crippen molar-refractivity contribution in [2.45, 2.75) is 52.0 Å². The highest BCUT2D eigenvalue weighted by Gasteiger charge is 2.20. The van der Waals surface area contributed by atoms with Gasteiger partial charge in [0.05, 0.1) is 6.42 Å². The zero-order valence-corrected chi connectivity index (χ0v) is 19.4. The predicted octanol–water partition coefficient (Wildman–Crippen LogP) is 3.27. The van der Waals surface area contributed by atoms with E-state index in [2.05, 4.69) is 38.0 Å². The molecule has 2 aromatic heterocycles. The molecule has 0 saturated carbocycles. The number of rotatable bonds is 9. The van der Waals surface area contributed by atoms with Gasteiger partial charge in [0.15, 0.2) is 0 Å². The standard InChI is InChI=1S/C25H32FN5O2/c1-18(22-8-3-19(2)33-22)10-13-30-14-11-24-29-28-23(31(24)16-15-30)9-12-27-25(32)17-20-4-6-21(26)7-5-20/h3-8,18H,9-17H2,1-2H3,(H,27,32). The third-order valence-corrected chi connectivity index (χ3v) is 6.27. The summed E-state index contributed by atoms with van der Waals surface area (Å²) in [7, 11) is 0. The molecule has 1 aromatic carbocycles. The zero-order chi connectivity index (χ0) is 23.2. The van der Waals surface area contributed by atoms with E-state index in [1.165, 1.54) is 12.1 Å². The Morgan fingerprint density at radius 2 is 1.97 bits per heavy atom. The monoisotopic (exact) mass is 453 g/mol. The average Bonchev–Trinajstić information content (AvgIpc) is 3.34. The lowest BCUT2D eigenvalue weighted by Gasteiger charge is -2.21. The van der Waals surface area contributed by atoms with Gasteiger partial charge in [-0.1, -0.05) is 19.1 Å². The van der Waals surface area contributed by atoms with Crippen LogP contribution < -0.4 is 5.32 Å². The van der Waals surface area contributed by atoms with Gasteiger partial charge in [-0.3, -0.25) is 4.79 Å². The summed E-state index contributed by atoms with van der Waals surface area (Å²) in [4.78, 5) is 14.7. The van der Waals surface area contributed by atoms with Crippen LogP contribution in [0.25, 0.3) is 0 Å². The number of aromatic nitrogens is 3. The molecule has 0 aliphatic carbocycles. The van der Waals surface area contributed by atoms with Crippen molar-refractivity contribution in [3.8, 4) is 0 Å². The van der Waals surface area contributed by atoms with Gasteiger partial charge < -0.3 is 19.2 Å². The molecule has 33 heavy (non-hydrogen) atoms. The molecule has 4 rings (SSSR count). The van der Waals surface area contributed by atoms with Gasteiger partial charge in [-0.25, -0.2) is 4.39 Å². The molecule has 0 bridgehead atoms. The minimum absolute atomic E-state index is 0.0794. The number of nitrogens with one attached hydrogen (secondary N) is 1. The van der Waals surface area contributed by atoms with Gasteiger partial charge in [0.1, 0.15) is 29.0 Å². The molecule has 7 nitrogen and oxygen atoms in total. The van der Waals surface area contributed by atoms with E-state index in [-0.39, 0.29) is 18.1 Å². The summed E-state index contributed by atoms with van der Waals surface area (Å²) >= 11 is 0. The average molecular weight is 454 g/mol. The predicted molar refractivity (Wildman–Crippen MR) is 123 cm³/mol. The van der Waals surface area contributed by atoms with Crippen LogP contribution in [0.2, 0.25) is 0 Å². The molecule has 0 radical (unpaired) electrons. The first kappa shape index (κ1) is 23.2. The number of nitrogens with zero attached hydrogens (tertiary/aromatic N) is 4. The number of amides is 1. The first-order chi connectivity index (χ1) is 16.0. The second-order valence-electron chi connectivity index (χ2n) is 8.82. The minimum Gasteiger partial charge on any atom is -0.466 e. The summed E-state index contributed by atoms with van der Waals surface area (Å²) in [5, 5.41) is 11.7. The summed E-state index contributed by atoms with van der Waals surface area (Å²) in [6, 6.07) is 10.1. The maximum atomic E-state index is 13.0. The quantitative estimate of drug-likeness (QED) is 0.538. The fraction of sp³-hybridized carbons (Fsp3) is 0.480. The number of fused-ring (bicyclic) bond motifs is 1. The smallest absolute Gasteiger partial charge is 0.224 e. The van der Waals surface area contributed by atoms with Crippen LogP contribution in [-0.2, 0) is 30.6 Å². The number of hydrogen-bond acceptors (Lipinski definition) is 5. The van der Waals surface area contributed by atoms with Crippen molar-refractivity contribution < 1.29 is 13.6 Å². The van der Waals surface area contributed by atoms with Crippen molar-refractivity contribution in [1.29, 1.82) is 0 Å². The minimum atomic E-state index is -0.299. The SMILES string of the molecule is Cc1ccc(C(C)CCN2CCc3nnc(CCNC(=O)Cc4ccc(F)cc4)n3CC2)o1. The Hall–Kier alpha value is -3.00. The number of hydrogen-bond donors (Lipinski definition) is 1. The number of benzene rings is 1. The van der Waals surface area contributed by atoms with E-state index in [0.29, 0.717) is 18.9 Å². The largest absolute Gasteiger partial charge is 0.466 e. The number of halogens is 1. The maximum absolute atomic E-state index is 13.0. The topological polar surface area (TPSA) is 76.2 Å². The Morgan fingerprint density at radius 1 is 1.15 bits per heavy atom. The number of carbonyl (C=O) groups excluding carboxylic acids is 1. The van der Waals surface area contributed by atoms with Gasteiger partial charge in [-0.2, -0.15) is 0 Å². The third kappa shape index (κ3) is 6.28. The highest BCUT2D eigenvalue weighted by molar-refractivity contribution is 5.78. The highest BCUT2D eigenvalue weighted by Crippen LogP contribution is 2.22. The molecule has 8 heteroatoms. The Morgan fingerprint density at radius 3 is 2.73 bits per heavy atom. The van der Waals surface area contributed by atoms with E-state index in [1.54, 1.807) is 12.1 Å². The van der Waals surface area contributed by atoms with Crippen molar-refractivity contribution >= 4 is 5.91 Å². The van der Waals surface area contributed by atoms with E-state index in [9.17, 15) is 9.18 Å². The first-order valence-corrected chi connectivity index (χ1v) is 11.7. The molecule has 1 aliphatic heterocycles. The second kappa shape index (κ2) is 10.7. The third-order valence-electron chi connectivity index (χ3n) is 6.27. The second-order valence-corrected chi connectivity index (χ2v) is 8.82. The van der Waals surface area contributed by atoms with E-state index >= 15 is 0 Å². The Bertz CT molecular complexity index is 1060. The van der Waals surface area contributed by atoms with E-state index in [1.807, 2.05) is 13.0 Å². The van der Waals surface area contributed by atoms with Gasteiger partial charge in [0.25, 0.3) is 0 Å². The van der Waals surface area contributed by atoms with Crippen LogP contribution in [0.4, 0.5) is 4.39 Å². The van der Waals surface area contributed by atoms with Crippen molar-refractivity contribution in [3.63, 3.8) is 0 Å². The molecular formula is C25H32FN5O2. The lowest BCUT2D eigenvalue weighted by atomic mass is 10.0. The normalized spacial score (nSPS) is 15.1. The molecule has 3 aromatic rings. The van der Waals surface area contributed by atoms with Crippen molar-refractivity contribution in [2.24, 2.45) is 0 Å². The van der Waals surface area contributed by atoms with Crippen LogP contribution >= 0.6 is 0 Å². The molecule has 1 amide bonds. The summed E-state index contributed by atoms with van der Waals surface area (Å²) in [5.41, 5.74) is 0.793. The number of aryl methyl sites for hydroxylation is 1. The van der Waals surface area contributed by atoms with Crippen LogP contribution in [0.15, 0.2) is 40.8 Å². The fourth-order valence-electron chi connectivity index (χ4n) is 4.24. The maximum Gasteiger partial charge on any atom is 0.224 e. The Balaban J connectivity index is 1.22. The molecule has 1 N–H and O–H groups in total. The molecule has 1 atom stereocenters. The van der Waals surface area contributed by atoms with E-state index in [4.69, 9.17) is 4.42 Å². The molecule has 1 unspecified atom stereocenters. The van der Waals surface area contributed by atoms with Crippen LogP contribution in [0, 0.1) is 12.7 Å². The van der Waals surface area contributed by atoms with Crippen LogP contribution in [0.5, 0.6) is 0 Å². The molecule has 0 fully saturated rings. The van der Waals surface area contributed by atoms with E-state index in [0.717, 1.165) is 67.8 Å². The van der Waals surface area contributed by atoms with Crippen molar-refractivity contribution in [1.82, 2.24) is 25.0 Å². The summed E-state index contributed by atoms with van der Waals surface area (Å²) < 4.78 is 21.0. The first-order valence-electron chi connectivity index (χ1n) is 11.7. The lowest BCUT2D eigenvalue weighted by Crippen LogP contribution is -2.29. The molecule has 176 valence electrons. The summed E-state index contributed by atoms with van der Waals surface area (Å²) in [6.45, 7) is 8.50. The highest BCUT2D eigenvalue weighted by atomic mass is 19.1. The van der Waals surface area contributed by atoms with Gasteiger partial charge in [-0.15, -0.1) is 10.2 Å². The van der Waals surface area contributed by atoms with Crippen molar-refractivity contribution in [2.75, 3.05) is 26.2 Å². The number of furan rings is 1. The van der Waals surface area contributed by atoms with Gasteiger partial charge in [-0.05, 0) is 49.7 Å². The summed E-state index contributed by atoms with van der Waals surface area (Å²) in [5.74, 6) is 3.96. The van der Waals surface area contributed by atoms with E-state index < -0.39 is 0 Å². The molecule has 3 heterocycles. The Labute approximate surface area is 194 Å². The zero-order valence-electron chi connectivity index (χ0n) is 19.4. The van der Waals surface area contributed by atoms with Gasteiger partial charge in [0, 0.05) is 44.9 Å².